The summed E-state index contributed by atoms with van der Waals surface area (Å²) in [5.41, 5.74) is 2.45. The Hall–Kier alpha value is -2.34. The quantitative estimate of drug-likeness (QED) is 0.715. The lowest BCUT2D eigenvalue weighted by Gasteiger charge is -2.26. The van der Waals surface area contributed by atoms with Gasteiger partial charge in [-0.2, -0.15) is 0 Å². The molecule has 0 spiro atoms. The first-order valence-corrected chi connectivity index (χ1v) is 11.0. The standard InChI is InChI=1S/C22H30N2O3S/c1-14(2)21(15(3)4)23-22(25)19-8-7-9-20(17(19)6)24-28(26,27)18-12-10-16(5)11-13-18/h7-15,21,24H,1-6H3,(H,23,25). The molecule has 0 saturated carbocycles. The van der Waals surface area contributed by atoms with Crippen LogP contribution in [0, 0.1) is 25.7 Å². The molecule has 0 aliphatic carbocycles. The molecule has 0 unspecified atom stereocenters. The number of benzene rings is 2. The summed E-state index contributed by atoms with van der Waals surface area (Å²) in [6.07, 6.45) is 0. The molecule has 0 heterocycles. The number of aryl methyl sites for hydroxylation is 1. The first-order chi connectivity index (χ1) is 13.0. The van der Waals surface area contributed by atoms with Crippen LogP contribution in [0.5, 0.6) is 0 Å². The molecule has 152 valence electrons. The van der Waals surface area contributed by atoms with Crippen LogP contribution < -0.4 is 10.0 Å². The van der Waals surface area contributed by atoms with Crippen LogP contribution >= 0.6 is 0 Å². The summed E-state index contributed by atoms with van der Waals surface area (Å²) in [7, 11) is -3.73. The molecule has 0 aliphatic rings. The molecule has 2 N–H and O–H groups in total. The van der Waals surface area contributed by atoms with E-state index in [4.69, 9.17) is 0 Å². The molecule has 2 aromatic carbocycles. The van der Waals surface area contributed by atoms with E-state index in [0.29, 0.717) is 28.7 Å². The van der Waals surface area contributed by atoms with E-state index < -0.39 is 10.0 Å². The second kappa shape index (κ2) is 8.78. The smallest absolute Gasteiger partial charge is 0.261 e. The average Bonchev–Trinajstić information content (AvgIpc) is 2.61. The summed E-state index contributed by atoms with van der Waals surface area (Å²) in [5.74, 6) is 0.404. The second-order valence-electron chi connectivity index (χ2n) is 7.88. The van der Waals surface area contributed by atoms with Crippen LogP contribution in [-0.2, 0) is 10.0 Å². The third kappa shape index (κ3) is 5.13. The van der Waals surface area contributed by atoms with Crippen LogP contribution in [-0.4, -0.2) is 20.4 Å². The van der Waals surface area contributed by atoms with E-state index in [-0.39, 0.29) is 16.8 Å². The summed E-state index contributed by atoms with van der Waals surface area (Å²) in [6, 6.07) is 11.8. The van der Waals surface area contributed by atoms with Crippen LogP contribution in [0.2, 0.25) is 0 Å². The highest BCUT2D eigenvalue weighted by molar-refractivity contribution is 7.92. The van der Waals surface area contributed by atoms with Crippen molar-refractivity contribution in [1.29, 1.82) is 0 Å². The topological polar surface area (TPSA) is 75.3 Å². The number of anilines is 1. The van der Waals surface area contributed by atoms with E-state index in [9.17, 15) is 13.2 Å². The van der Waals surface area contributed by atoms with Crippen molar-refractivity contribution in [2.75, 3.05) is 4.72 Å². The van der Waals surface area contributed by atoms with Crippen molar-refractivity contribution in [3.05, 3.63) is 59.2 Å². The van der Waals surface area contributed by atoms with E-state index in [1.54, 1.807) is 49.4 Å². The Bertz CT molecular complexity index is 925. The van der Waals surface area contributed by atoms with Gasteiger partial charge in [-0.25, -0.2) is 8.42 Å². The maximum absolute atomic E-state index is 12.8. The lowest BCUT2D eigenvalue weighted by atomic mass is 9.92. The summed E-state index contributed by atoms with van der Waals surface area (Å²) >= 11 is 0. The van der Waals surface area contributed by atoms with Crippen molar-refractivity contribution in [3.63, 3.8) is 0 Å². The van der Waals surface area contributed by atoms with Gasteiger partial charge < -0.3 is 5.32 Å². The number of hydrogen-bond acceptors (Lipinski definition) is 3. The minimum atomic E-state index is -3.73. The first-order valence-electron chi connectivity index (χ1n) is 9.53. The molecule has 2 aromatic rings. The van der Waals surface area contributed by atoms with E-state index in [1.807, 2.05) is 6.92 Å². The van der Waals surface area contributed by atoms with Gasteiger partial charge in [-0.3, -0.25) is 9.52 Å². The molecule has 0 saturated heterocycles. The Balaban J connectivity index is 2.29. The number of sulfonamides is 1. The van der Waals surface area contributed by atoms with Crippen molar-refractivity contribution >= 4 is 21.6 Å². The predicted octanol–water partition coefficient (Wildman–Crippen LogP) is 4.51. The monoisotopic (exact) mass is 402 g/mol. The van der Waals surface area contributed by atoms with Gasteiger partial charge in [0.2, 0.25) is 0 Å². The number of carbonyl (C=O) groups is 1. The van der Waals surface area contributed by atoms with Gasteiger partial charge in [0.05, 0.1) is 10.6 Å². The third-order valence-electron chi connectivity index (χ3n) is 4.89. The third-order valence-corrected chi connectivity index (χ3v) is 6.27. The fourth-order valence-corrected chi connectivity index (χ4v) is 4.37. The highest BCUT2D eigenvalue weighted by Gasteiger charge is 2.22. The SMILES string of the molecule is Cc1ccc(S(=O)(=O)Nc2cccc(C(=O)NC(C(C)C)C(C)C)c2C)cc1. The van der Waals surface area contributed by atoms with Crippen LogP contribution in [0.3, 0.4) is 0 Å². The zero-order valence-electron chi connectivity index (χ0n) is 17.4. The lowest BCUT2D eigenvalue weighted by molar-refractivity contribution is 0.0910. The van der Waals surface area contributed by atoms with Crippen LogP contribution in [0.1, 0.15) is 49.2 Å². The molecule has 5 nitrogen and oxygen atoms in total. The van der Waals surface area contributed by atoms with E-state index >= 15 is 0 Å². The van der Waals surface area contributed by atoms with Crippen LogP contribution in [0.4, 0.5) is 5.69 Å². The summed E-state index contributed by atoms with van der Waals surface area (Å²) in [5, 5.41) is 3.08. The number of carbonyl (C=O) groups excluding carboxylic acids is 1. The van der Waals surface area contributed by atoms with Crippen molar-refractivity contribution in [3.8, 4) is 0 Å². The van der Waals surface area contributed by atoms with Gasteiger partial charge in [0, 0.05) is 11.6 Å². The fraction of sp³-hybridized carbons (Fsp3) is 0.409. The molecule has 2 rings (SSSR count). The Morgan fingerprint density at radius 1 is 0.893 bits per heavy atom. The molecular formula is C22H30N2O3S. The zero-order valence-corrected chi connectivity index (χ0v) is 18.2. The molecule has 28 heavy (non-hydrogen) atoms. The predicted molar refractivity (Wildman–Crippen MR) is 114 cm³/mol. The molecule has 0 aliphatic heterocycles. The van der Waals surface area contributed by atoms with Gasteiger partial charge in [0.15, 0.2) is 0 Å². The van der Waals surface area contributed by atoms with E-state index in [0.717, 1.165) is 5.56 Å². The molecule has 1 amide bonds. The molecule has 0 bridgehead atoms. The Labute approximate surface area is 168 Å². The lowest BCUT2D eigenvalue weighted by Crippen LogP contribution is -2.42. The minimum Gasteiger partial charge on any atom is -0.349 e. The maximum atomic E-state index is 12.8. The van der Waals surface area contributed by atoms with Crippen LogP contribution in [0.15, 0.2) is 47.4 Å². The van der Waals surface area contributed by atoms with Gasteiger partial charge in [0.1, 0.15) is 0 Å². The first kappa shape index (κ1) is 22.0. The molecule has 0 atom stereocenters. The Morgan fingerprint density at radius 3 is 2.00 bits per heavy atom. The van der Waals surface area contributed by atoms with Gasteiger partial charge in [0.25, 0.3) is 15.9 Å². The zero-order chi connectivity index (χ0) is 21.1. The Kier molecular flexibility index (Phi) is 6.88. The van der Waals surface area contributed by atoms with Crippen molar-refractivity contribution in [2.24, 2.45) is 11.8 Å². The van der Waals surface area contributed by atoms with E-state index in [1.165, 1.54) is 0 Å². The highest BCUT2D eigenvalue weighted by Crippen LogP contribution is 2.23. The molecular weight excluding hydrogens is 372 g/mol. The normalized spacial score (nSPS) is 11.9. The largest absolute Gasteiger partial charge is 0.349 e. The maximum Gasteiger partial charge on any atom is 0.261 e. The van der Waals surface area contributed by atoms with E-state index in [2.05, 4.69) is 37.7 Å². The van der Waals surface area contributed by atoms with Gasteiger partial charge in [-0.1, -0.05) is 51.5 Å². The summed E-state index contributed by atoms with van der Waals surface area (Å²) in [6.45, 7) is 11.9. The number of rotatable bonds is 7. The molecule has 0 radical (unpaired) electrons. The van der Waals surface area contributed by atoms with Crippen LogP contribution in [0.25, 0.3) is 0 Å². The van der Waals surface area contributed by atoms with Crippen molar-refractivity contribution in [1.82, 2.24) is 5.32 Å². The highest BCUT2D eigenvalue weighted by atomic mass is 32.2. The Morgan fingerprint density at radius 2 is 1.46 bits per heavy atom. The van der Waals surface area contributed by atoms with Crippen molar-refractivity contribution in [2.45, 2.75) is 52.5 Å². The van der Waals surface area contributed by atoms with Gasteiger partial charge in [-0.15, -0.1) is 0 Å². The van der Waals surface area contributed by atoms with Crippen molar-refractivity contribution < 1.29 is 13.2 Å². The number of nitrogens with one attached hydrogen (secondary N) is 2. The molecule has 6 heteroatoms. The minimum absolute atomic E-state index is 0.0415. The number of amides is 1. The summed E-state index contributed by atoms with van der Waals surface area (Å²) in [4.78, 5) is 13.0. The average molecular weight is 403 g/mol. The van der Waals surface area contributed by atoms with Gasteiger partial charge in [-0.05, 0) is 55.5 Å². The molecule has 0 fully saturated rings. The molecule has 0 aromatic heterocycles. The summed E-state index contributed by atoms with van der Waals surface area (Å²) < 4.78 is 28.0. The van der Waals surface area contributed by atoms with Gasteiger partial charge >= 0.3 is 0 Å². The fourth-order valence-electron chi connectivity index (χ4n) is 3.25. The number of hydrogen-bond donors (Lipinski definition) is 2. The second-order valence-corrected chi connectivity index (χ2v) is 9.57.